The summed E-state index contributed by atoms with van der Waals surface area (Å²) in [4.78, 5) is 0. The van der Waals surface area contributed by atoms with E-state index in [1.54, 1.807) is 11.3 Å². The molecule has 0 radical (unpaired) electrons. The highest BCUT2D eigenvalue weighted by Gasteiger charge is 2.33. The Hall–Kier alpha value is -0.0300. The number of thioether (sulfide) groups is 1. The molecular formula is C13H21NOS2. The first kappa shape index (κ1) is 13.4. The normalized spacial score (nSPS) is 21.1. The maximum atomic E-state index is 9.57. The fourth-order valence-corrected chi connectivity index (χ4v) is 4.43. The highest BCUT2D eigenvalue weighted by molar-refractivity contribution is 8.01. The van der Waals surface area contributed by atoms with E-state index in [4.69, 9.17) is 0 Å². The van der Waals surface area contributed by atoms with E-state index in [0.717, 1.165) is 6.42 Å². The van der Waals surface area contributed by atoms with E-state index in [0.29, 0.717) is 11.3 Å². The summed E-state index contributed by atoms with van der Waals surface area (Å²) in [6.45, 7) is 4.60. The number of thiophene rings is 1. The van der Waals surface area contributed by atoms with Gasteiger partial charge < -0.3 is 10.4 Å². The molecule has 0 aromatic carbocycles. The van der Waals surface area contributed by atoms with Crippen LogP contribution in [0.1, 0.15) is 33.1 Å². The average molecular weight is 271 g/mol. The number of hydrogen-bond acceptors (Lipinski definition) is 4. The zero-order valence-electron chi connectivity index (χ0n) is 10.5. The molecule has 0 amide bonds. The second kappa shape index (κ2) is 5.74. The zero-order chi connectivity index (χ0) is 12.3. The van der Waals surface area contributed by atoms with E-state index in [1.165, 1.54) is 17.1 Å². The molecule has 2 rings (SSSR count). The Kier molecular flexibility index (Phi) is 4.53. The first-order chi connectivity index (χ1) is 8.11. The van der Waals surface area contributed by atoms with Crippen LogP contribution in [0.2, 0.25) is 0 Å². The molecule has 1 heterocycles. The monoisotopic (exact) mass is 271 g/mol. The summed E-state index contributed by atoms with van der Waals surface area (Å²) in [5, 5.41) is 15.8. The number of aliphatic hydroxyl groups is 1. The van der Waals surface area contributed by atoms with Gasteiger partial charge in [-0.25, -0.2) is 0 Å². The standard InChI is InChI=1S/C13H21NOS2/c1-10(17-12-4-3-7-16-12)8-13(2,9-15)14-11-5-6-11/h3-4,7,10-11,14-15H,5-6,8-9H2,1-2H3. The van der Waals surface area contributed by atoms with Gasteiger partial charge in [0, 0.05) is 16.8 Å². The van der Waals surface area contributed by atoms with Crippen molar-refractivity contribution in [2.45, 2.75) is 54.1 Å². The van der Waals surface area contributed by atoms with Gasteiger partial charge in [-0.3, -0.25) is 0 Å². The highest BCUT2D eigenvalue weighted by atomic mass is 32.2. The SMILES string of the molecule is CC(CC(C)(CO)NC1CC1)Sc1cccs1. The van der Waals surface area contributed by atoms with Crippen molar-refractivity contribution in [2.75, 3.05) is 6.61 Å². The summed E-state index contributed by atoms with van der Waals surface area (Å²) >= 11 is 3.70. The van der Waals surface area contributed by atoms with Crippen molar-refractivity contribution >= 4 is 23.1 Å². The van der Waals surface area contributed by atoms with Crippen LogP contribution >= 0.6 is 23.1 Å². The molecule has 2 N–H and O–H groups in total. The van der Waals surface area contributed by atoms with Gasteiger partial charge in [-0.2, -0.15) is 0 Å². The van der Waals surface area contributed by atoms with E-state index in [2.05, 4.69) is 36.7 Å². The van der Waals surface area contributed by atoms with Crippen LogP contribution in [-0.4, -0.2) is 28.5 Å². The molecule has 1 aromatic heterocycles. The van der Waals surface area contributed by atoms with Crippen molar-refractivity contribution < 1.29 is 5.11 Å². The van der Waals surface area contributed by atoms with Gasteiger partial charge in [-0.1, -0.05) is 13.0 Å². The lowest BCUT2D eigenvalue weighted by atomic mass is 9.97. The summed E-state index contributed by atoms with van der Waals surface area (Å²) in [5.41, 5.74) is -0.120. The van der Waals surface area contributed by atoms with E-state index in [-0.39, 0.29) is 12.1 Å². The minimum Gasteiger partial charge on any atom is -0.394 e. The molecule has 1 aromatic rings. The quantitative estimate of drug-likeness (QED) is 0.747. The Morgan fingerprint density at radius 1 is 1.65 bits per heavy atom. The van der Waals surface area contributed by atoms with Gasteiger partial charge in [0.1, 0.15) is 0 Å². The molecule has 2 unspecified atom stereocenters. The largest absolute Gasteiger partial charge is 0.394 e. The maximum absolute atomic E-state index is 9.57. The van der Waals surface area contributed by atoms with Crippen LogP contribution < -0.4 is 5.32 Å². The number of aliphatic hydroxyl groups excluding tert-OH is 1. The second-order valence-electron chi connectivity index (χ2n) is 5.20. The maximum Gasteiger partial charge on any atom is 0.0611 e. The van der Waals surface area contributed by atoms with Crippen LogP contribution in [0, 0.1) is 0 Å². The Balaban J connectivity index is 1.84. The number of nitrogens with one attached hydrogen (secondary N) is 1. The molecule has 0 spiro atoms. The molecule has 1 saturated carbocycles. The van der Waals surface area contributed by atoms with E-state index >= 15 is 0 Å². The predicted molar refractivity (Wildman–Crippen MR) is 75.9 cm³/mol. The van der Waals surface area contributed by atoms with E-state index in [1.807, 2.05) is 11.8 Å². The molecule has 4 heteroatoms. The lowest BCUT2D eigenvalue weighted by Gasteiger charge is -2.31. The minimum atomic E-state index is -0.120. The molecular weight excluding hydrogens is 250 g/mol. The summed E-state index contributed by atoms with van der Waals surface area (Å²) in [6.07, 6.45) is 3.53. The lowest BCUT2D eigenvalue weighted by Crippen LogP contribution is -2.48. The van der Waals surface area contributed by atoms with Gasteiger partial charge in [0.15, 0.2) is 0 Å². The lowest BCUT2D eigenvalue weighted by molar-refractivity contribution is 0.164. The van der Waals surface area contributed by atoms with Crippen LogP contribution in [0.3, 0.4) is 0 Å². The fraction of sp³-hybridized carbons (Fsp3) is 0.692. The van der Waals surface area contributed by atoms with Crippen LogP contribution in [-0.2, 0) is 0 Å². The van der Waals surface area contributed by atoms with E-state index < -0.39 is 0 Å². The number of hydrogen-bond donors (Lipinski definition) is 2. The first-order valence-electron chi connectivity index (χ1n) is 6.20. The minimum absolute atomic E-state index is 0.120. The highest BCUT2D eigenvalue weighted by Crippen LogP contribution is 2.33. The summed E-state index contributed by atoms with van der Waals surface area (Å²) in [7, 11) is 0. The Bertz CT molecular complexity index is 337. The first-order valence-corrected chi connectivity index (χ1v) is 7.96. The zero-order valence-corrected chi connectivity index (χ0v) is 12.1. The van der Waals surface area contributed by atoms with Crippen molar-refractivity contribution in [3.05, 3.63) is 17.5 Å². The molecule has 0 bridgehead atoms. The Morgan fingerprint density at radius 2 is 2.41 bits per heavy atom. The molecule has 2 atom stereocenters. The van der Waals surface area contributed by atoms with Gasteiger partial charge in [-0.05, 0) is 37.6 Å². The molecule has 17 heavy (non-hydrogen) atoms. The molecule has 0 saturated heterocycles. The third-order valence-electron chi connectivity index (χ3n) is 3.03. The molecule has 96 valence electrons. The second-order valence-corrected chi connectivity index (χ2v) is 7.89. The van der Waals surface area contributed by atoms with Crippen LogP contribution in [0.25, 0.3) is 0 Å². The predicted octanol–water partition coefficient (Wildman–Crippen LogP) is 3.12. The summed E-state index contributed by atoms with van der Waals surface area (Å²) in [5.74, 6) is 0. The van der Waals surface area contributed by atoms with Crippen molar-refractivity contribution in [1.29, 1.82) is 0 Å². The third-order valence-corrected chi connectivity index (χ3v) is 5.21. The molecule has 1 fully saturated rings. The van der Waals surface area contributed by atoms with E-state index in [9.17, 15) is 5.11 Å². The molecule has 2 nitrogen and oxygen atoms in total. The van der Waals surface area contributed by atoms with Gasteiger partial charge >= 0.3 is 0 Å². The van der Waals surface area contributed by atoms with Gasteiger partial charge in [0.25, 0.3) is 0 Å². The van der Waals surface area contributed by atoms with Crippen molar-refractivity contribution in [3.63, 3.8) is 0 Å². The molecule has 1 aliphatic rings. The van der Waals surface area contributed by atoms with Crippen molar-refractivity contribution in [1.82, 2.24) is 5.32 Å². The Morgan fingerprint density at radius 3 is 2.94 bits per heavy atom. The van der Waals surface area contributed by atoms with Crippen molar-refractivity contribution in [3.8, 4) is 0 Å². The summed E-state index contributed by atoms with van der Waals surface area (Å²) in [6, 6.07) is 4.90. The smallest absolute Gasteiger partial charge is 0.0611 e. The van der Waals surface area contributed by atoms with Gasteiger partial charge in [0.05, 0.1) is 10.8 Å². The van der Waals surface area contributed by atoms with Crippen LogP contribution in [0.15, 0.2) is 21.7 Å². The molecule has 0 aliphatic heterocycles. The summed E-state index contributed by atoms with van der Waals surface area (Å²) < 4.78 is 1.37. The Labute approximate surface area is 112 Å². The average Bonchev–Trinajstić information content (AvgIpc) is 2.92. The van der Waals surface area contributed by atoms with Gasteiger partial charge in [0.2, 0.25) is 0 Å². The van der Waals surface area contributed by atoms with Crippen LogP contribution in [0.5, 0.6) is 0 Å². The fourth-order valence-electron chi connectivity index (χ4n) is 2.09. The molecule has 1 aliphatic carbocycles. The van der Waals surface area contributed by atoms with Crippen molar-refractivity contribution in [2.24, 2.45) is 0 Å². The van der Waals surface area contributed by atoms with Gasteiger partial charge in [-0.15, -0.1) is 23.1 Å². The number of rotatable bonds is 7. The third kappa shape index (κ3) is 4.28. The topological polar surface area (TPSA) is 32.3 Å². The van der Waals surface area contributed by atoms with Crippen LogP contribution in [0.4, 0.5) is 0 Å².